The van der Waals surface area contributed by atoms with Crippen LogP contribution in [0.25, 0.3) is 0 Å². The maximum absolute atomic E-state index is 2.20. The molecule has 0 aromatic heterocycles. The third-order valence-corrected chi connectivity index (χ3v) is 1.66. The number of benzene rings is 1. The van der Waals surface area contributed by atoms with Crippen LogP contribution >= 0.6 is 0 Å². The second-order valence-corrected chi connectivity index (χ2v) is 4.00. The third-order valence-electron chi connectivity index (χ3n) is 1.66. The molecule has 0 saturated carbocycles. The van der Waals surface area contributed by atoms with E-state index in [-0.39, 0.29) is 0 Å². The van der Waals surface area contributed by atoms with E-state index in [2.05, 4.69) is 66.7 Å². The first kappa shape index (κ1) is 21.5. The Balaban J connectivity index is -0.000000207. The Morgan fingerprint density at radius 3 is 1.29 bits per heavy atom. The first-order valence-electron chi connectivity index (χ1n) is 7.07. The lowest BCUT2D eigenvalue weighted by Crippen LogP contribution is -1.79. The van der Waals surface area contributed by atoms with Gasteiger partial charge in [-0.05, 0) is 31.9 Å². The van der Waals surface area contributed by atoms with Crippen LogP contribution in [0.3, 0.4) is 0 Å². The van der Waals surface area contributed by atoms with Gasteiger partial charge in [-0.3, -0.25) is 0 Å². The van der Waals surface area contributed by atoms with Crippen LogP contribution in [0, 0.1) is 20.8 Å². The predicted molar refractivity (Wildman–Crippen MR) is 83.9 cm³/mol. The van der Waals surface area contributed by atoms with Crippen LogP contribution in [0.5, 0.6) is 0 Å². The first-order valence-corrected chi connectivity index (χ1v) is 7.07. The molecule has 0 unspecified atom stereocenters. The maximum atomic E-state index is 2.20. The summed E-state index contributed by atoms with van der Waals surface area (Å²) in [5.41, 5.74) is 4.11. The van der Waals surface area contributed by atoms with Gasteiger partial charge in [0.15, 0.2) is 0 Å². The van der Waals surface area contributed by atoms with Crippen molar-refractivity contribution in [3.63, 3.8) is 0 Å². The summed E-state index contributed by atoms with van der Waals surface area (Å²) in [5, 5.41) is 0. The van der Waals surface area contributed by atoms with Crippen LogP contribution in [0.2, 0.25) is 0 Å². The summed E-state index contributed by atoms with van der Waals surface area (Å²) >= 11 is 0. The summed E-state index contributed by atoms with van der Waals surface area (Å²) < 4.78 is 0. The van der Waals surface area contributed by atoms with Gasteiger partial charge in [0.2, 0.25) is 0 Å². The zero-order chi connectivity index (χ0) is 14.3. The molecule has 0 spiro atoms. The average molecular weight is 238 g/mol. The smallest absolute Gasteiger partial charge is 0.0395 e. The molecule has 0 amide bonds. The fourth-order valence-electron chi connectivity index (χ4n) is 0.891. The molecule has 0 heterocycles. The lowest BCUT2D eigenvalue weighted by Gasteiger charge is -1.98. The molecule has 17 heavy (non-hydrogen) atoms. The second-order valence-electron chi connectivity index (χ2n) is 4.00. The lowest BCUT2D eigenvalue weighted by atomic mass is 10.1. The molecule has 0 nitrogen and oxygen atoms in total. The van der Waals surface area contributed by atoms with Gasteiger partial charge in [0.25, 0.3) is 0 Å². The zero-order valence-corrected chi connectivity index (χ0v) is 13.6. The Morgan fingerprint density at radius 1 is 0.706 bits per heavy atom. The Bertz CT molecular complexity index is 234. The average Bonchev–Trinajstić information content (AvgIpc) is 2.29. The molecule has 0 fully saturated rings. The van der Waals surface area contributed by atoms with Crippen LogP contribution in [-0.4, -0.2) is 0 Å². The summed E-state index contributed by atoms with van der Waals surface area (Å²) in [7, 11) is 0. The largest absolute Gasteiger partial charge is 0.0683 e. The molecule has 102 valence electrons. The van der Waals surface area contributed by atoms with Gasteiger partial charge >= 0.3 is 0 Å². The van der Waals surface area contributed by atoms with E-state index in [1.807, 2.05) is 13.8 Å². The van der Waals surface area contributed by atoms with Crippen LogP contribution in [-0.2, 0) is 0 Å². The zero-order valence-electron chi connectivity index (χ0n) is 13.6. The van der Waals surface area contributed by atoms with E-state index >= 15 is 0 Å². The van der Waals surface area contributed by atoms with E-state index in [0.29, 0.717) is 0 Å². The van der Waals surface area contributed by atoms with E-state index in [1.54, 1.807) is 0 Å². The van der Waals surface area contributed by atoms with Gasteiger partial charge in [-0.25, -0.2) is 0 Å². The van der Waals surface area contributed by atoms with Gasteiger partial charge in [0.1, 0.15) is 0 Å². The van der Waals surface area contributed by atoms with Gasteiger partial charge in [-0.2, -0.15) is 0 Å². The quantitative estimate of drug-likeness (QED) is 0.486. The molecule has 0 N–H and O–H groups in total. The van der Waals surface area contributed by atoms with Gasteiger partial charge < -0.3 is 0 Å². The summed E-state index contributed by atoms with van der Waals surface area (Å²) in [6.07, 6.45) is 2.50. The molecule has 1 aromatic rings. The number of rotatable bonds is 0. The summed E-state index contributed by atoms with van der Waals surface area (Å²) in [6, 6.07) is 6.50. The van der Waals surface area contributed by atoms with Crippen molar-refractivity contribution in [3.8, 4) is 0 Å². The molecule has 0 aliphatic heterocycles. The fourth-order valence-corrected chi connectivity index (χ4v) is 0.891. The van der Waals surface area contributed by atoms with Crippen molar-refractivity contribution in [2.24, 2.45) is 0 Å². The van der Waals surface area contributed by atoms with Crippen LogP contribution in [0.15, 0.2) is 18.2 Å². The molecule has 0 atom stereocenters. The SMILES string of the molecule is CC.CCC.CCC.Cc1ccc(C)c(C)c1. The molecule has 1 rings (SSSR count). The Labute approximate surface area is 110 Å². The third kappa shape index (κ3) is 17.8. The molecule has 0 aliphatic carbocycles. The molecule has 0 aliphatic rings. The minimum atomic E-state index is 1.25. The summed E-state index contributed by atoms with van der Waals surface area (Å²) in [4.78, 5) is 0. The van der Waals surface area contributed by atoms with Crippen molar-refractivity contribution >= 4 is 0 Å². The highest BCUT2D eigenvalue weighted by Crippen LogP contribution is 2.07. The summed E-state index contributed by atoms with van der Waals surface area (Å²) in [5.74, 6) is 0. The molecule has 1 aromatic carbocycles. The number of hydrogen-bond donors (Lipinski definition) is 0. The molecule has 0 bridgehead atoms. The van der Waals surface area contributed by atoms with Gasteiger partial charge in [0, 0.05) is 0 Å². The molecule has 0 heteroatoms. The normalized spacial score (nSPS) is 7.59. The maximum Gasteiger partial charge on any atom is -0.0395 e. The van der Waals surface area contributed by atoms with Crippen LogP contribution in [0.1, 0.15) is 71.1 Å². The first-order chi connectivity index (χ1) is 8.03. The van der Waals surface area contributed by atoms with E-state index in [4.69, 9.17) is 0 Å². The van der Waals surface area contributed by atoms with Crippen LogP contribution < -0.4 is 0 Å². The Morgan fingerprint density at radius 2 is 1.06 bits per heavy atom. The fraction of sp³-hybridized carbons (Fsp3) is 0.647. The van der Waals surface area contributed by atoms with Gasteiger partial charge in [-0.1, -0.05) is 78.1 Å². The Kier molecular flexibility index (Phi) is 22.3. The monoisotopic (exact) mass is 238 g/mol. The van der Waals surface area contributed by atoms with Gasteiger partial charge in [-0.15, -0.1) is 0 Å². The van der Waals surface area contributed by atoms with Gasteiger partial charge in [0.05, 0.1) is 0 Å². The standard InChI is InChI=1S/C9H12.2C3H8.C2H6/c1-7-4-5-8(2)9(3)6-7;2*1-3-2;1-2/h4-6H,1-3H3;2*3H2,1-2H3;1-2H3. The van der Waals surface area contributed by atoms with Crippen molar-refractivity contribution in [1.29, 1.82) is 0 Å². The van der Waals surface area contributed by atoms with E-state index < -0.39 is 0 Å². The van der Waals surface area contributed by atoms with Crippen molar-refractivity contribution in [3.05, 3.63) is 34.9 Å². The topological polar surface area (TPSA) is 0 Å². The molecular formula is C17H34. The lowest BCUT2D eigenvalue weighted by molar-refractivity contribution is 1.09. The Hall–Kier alpha value is -0.780. The van der Waals surface area contributed by atoms with E-state index in [9.17, 15) is 0 Å². The van der Waals surface area contributed by atoms with E-state index in [0.717, 1.165) is 0 Å². The number of hydrogen-bond acceptors (Lipinski definition) is 0. The van der Waals surface area contributed by atoms with Crippen molar-refractivity contribution in [1.82, 2.24) is 0 Å². The number of aryl methyl sites for hydroxylation is 3. The predicted octanol–water partition coefficient (Wildman–Crippen LogP) is 6.47. The van der Waals surface area contributed by atoms with E-state index in [1.165, 1.54) is 29.5 Å². The highest BCUT2D eigenvalue weighted by atomic mass is 13.9. The highest BCUT2D eigenvalue weighted by molar-refractivity contribution is 5.28. The minimum Gasteiger partial charge on any atom is -0.0683 e. The second kappa shape index (κ2) is 17.6. The van der Waals surface area contributed by atoms with Crippen molar-refractivity contribution < 1.29 is 0 Å². The van der Waals surface area contributed by atoms with Crippen molar-refractivity contribution in [2.75, 3.05) is 0 Å². The van der Waals surface area contributed by atoms with Crippen LogP contribution in [0.4, 0.5) is 0 Å². The molecule has 0 radical (unpaired) electrons. The molecular weight excluding hydrogens is 204 g/mol. The minimum absolute atomic E-state index is 1.25. The summed E-state index contributed by atoms with van der Waals surface area (Å²) in [6.45, 7) is 18.9. The van der Waals surface area contributed by atoms with Crippen molar-refractivity contribution in [2.45, 2.75) is 75.2 Å². The molecule has 0 saturated heterocycles. The highest BCUT2D eigenvalue weighted by Gasteiger charge is 1.89.